The summed E-state index contributed by atoms with van der Waals surface area (Å²) in [5, 5.41) is 2.64. The normalized spacial score (nSPS) is 10.4. The largest absolute Gasteiger partial charge is 0.484 e. The van der Waals surface area contributed by atoms with Crippen LogP contribution in [0.25, 0.3) is 0 Å². The van der Waals surface area contributed by atoms with Gasteiger partial charge in [-0.1, -0.05) is 12.1 Å². The zero-order chi connectivity index (χ0) is 18.9. The lowest BCUT2D eigenvalue weighted by molar-refractivity contribution is -0.123. The van der Waals surface area contributed by atoms with Crippen molar-refractivity contribution >= 4 is 11.7 Å². The summed E-state index contributed by atoms with van der Waals surface area (Å²) in [6, 6.07) is 10.5. The first-order chi connectivity index (χ1) is 12.4. The van der Waals surface area contributed by atoms with Crippen LogP contribution in [0.4, 0.5) is 8.78 Å². The summed E-state index contributed by atoms with van der Waals surface area (Å²) in [4.78, 5) is 22.7. The van der Waals surface area contributed by atoms with Crippen LogP contribution >= 0.6 is 0 Å². The van der Waals surface area contributed by atoms with Gasteiger partial charge in [0.05, 0.1) is 0 Å². The number of hydrogen-bond acceptors (Lipinski definition) is 3. The maximum atomic E-state index is 13.1. The van der Waals surface area contributed by atoms with E-state index in [4.69, 9.17) is 4.74 Å². The standard InChI is InChI=1S/C20H21F2NO3/c1-14(24)2-3-15-4-6-19(7-5-15)26-13-20(25)23-9-8-16-10-17(21)12-18(22)11-16/h4-7,10-12H,2-3,8-9,13H2,1H3,(H,23,25). The SMILES string of the molecule is CC(=O)CCc1ccc(OCC(=O)NCCc2cc(F)cc(F)c2)cc1. The second-order valence-electron chi connectivity index (χ2n) is 6.01. The number of carbonyl (C=O) groups excluding carboxylic acids is 2. The summed E-state index contributed by atoms with van der Waals surface area (Å²) < 4.78 is 31.5. The smallest absolute Gasteiger partial charge is 0.257 e. The number of carbonyl (C=O) groups is 2. The molecule has 2 aromatic carbocycles. The van der Waals surface area contributed by atoms with Crippen molar-refractivity contribution in [1.29, 1.82) is 0 Å². The van der Waals surface area contributed by atoms with E-state index in [-0.39, 0.29) is 24.8 Å². The molecule has 138 valence electrons. The Kier molecular flexibility index (Phi) is 7.26. The summed E-state index contributed by atoms with van der Waals surface area (Å²) in [5.41, 5.74) is 1.50. The molecule has 0 unspecified atom stereocenters. The molecule has 0 heterocycles. The van der Waals surface area contributed by atoms with Crippen molar-refractivity contribution in [2.75, 3.05) is 13.2 Å². The Balaban J connectivity index is 1.70. The Bertz CT molecular complexity index is 740. The fourth-order valence-corrected chi connectivity index (χ4v) is 2.37. The molecule has 2 rings (SSSR count). The van der Waals surface area contributed by atoms with Gasteiger partial charge < -0.3 is 14.8 Å². The fraction of sp³-hybridized carbons (Fsp3) is 0.300. The van der Waals surface area contributed by atoms with E-state index in [0.717, 1.165) is 11.6 Å². The van der Waals surface area contributed by atoms with Gasteiger partial charge in [-0.15, -0.1) is 0 Å². The highest BCUT2D eigenvalue weighted by Gasteiger charge is 2.05. The number of ketones is 1. The Morgan fingerprint density at radius 3 is 2.23 bits per heavy atom. The van der Waals surface area contributed by atoms with Crippen LogP contribution in [0.15, 0.2) is 42.5 Å². The van der Waals surface area contributed by atoms with Gasteiger partial charge >= 0.3 is 0 Å². The van der Waals surface area contributed by atoms with E-state index in [2.05, 4.69) is 5.32 Å². The van der Waals surface area contributed by atoms with Gasteiger partial charge in [0, 0.05) is 19.0 Å². The molecule has 0 aliphatic carbocycles. The van der Waals surface area contributed by atoms with Gasteiger partial charge in [-0.05, 0) is 55.2 Å². The van der Waals surface area contributed by atoms with Gasteiger partial charge in [-0.3, -0.25) is 4.79 Å². The number of benzene rings is 2. The summed E-state index contributed by atoms with van der Waals surface area (Å²) in [6.07, 6.45) is 1.50. The summed E-state index contributed by atoms with van der Waals surface area (Å²) >= 11 is 0. The molecule has 0 aromatic heterocycles. The van der Waals surface area contributed by atoms with Gasteiger partial charge in [-0.25, -0.2) is 8.78 Å². The molecule has 0 atom stereocenters. The van der Waals surface area contributed by atoms with Gasteiger partial charge in [0.25, 0.3) is 5.91 Å². The van der Waals surface area contributed by atoms with Crippen molar-refractivity contribution in [1.82, 2.24) is 5.32 Å². The predicted octanol–water partition coefficient (Wildman–Crippen LogP) is 3.22. The van der Waals surface area contributed by atoms with Crippen LogP contribution in [-0.2, 0) is 22.4 Å². The van der Waals surface area contributed by atoms with Crippen molar-refractivity contribution in [3.05, 3.63) is 65.2 Å². The van der Waals surface area contributed by atoms with Crippen LogP contribution in [0.1, 0.15) is 24.5 Å². The molecule has 0 bridgehead atoms. The zero-order valence-corrected chi connectivity index (χ0v) is 14.6. The molecule has 0 fully saturated rings. The summed E-state index contributed by atoms with van der Waals surface area (Å²) in [7, 11) is 0. The molecule has 1 amide bonds. The van der Waals surface area contributed by atoms with Crippen LogP contribution in [0.3, 0.4) is 0 Å². The fourth-order valence-electron chi connectivity index (χ4n) is 2.37. The van der Waals surface area contributed by atoms with E-state index in [9.17, 15) is 18.4 Å². The minimum atomic E-state index is -0.638. The lowest BCUT2D eigenvalue weighted by Crippen LogP contribution is -2.30. The molecular weight excluding hydrogens is 340 g/mol. The van der Waals surface area contributed by atoms with Gasteiger partial charge in [0.15, 0.2) is 6.61 Å². The number of aryl methyl sites for hydroxylation is 1. The van der Waals surface area contributed by atoms with Crippen molar-refractivity contribution in [2.45, 2.75) is 26.2 Å². The molecule has 6 heteroatoms. The van der Waals surface area contributed by atoms with Crippen LogP contribution in [0.2, 0.25) is 0 Å². The number of nitrogens with one attached hydrogen (secondary N) is 1. The van der Waals surface area contributed by atoms with Crippen LogP contribution < -0.4 is 10.1 Å². The minimum Gasteiger partial charge on any atom is -0.484 e. The van der Waals surface area contributed by atoms with Crippen molar-refractivity contribution in [2.24, 2.45) is 0 Å². The topological polar surface area (TPSA) is 55.4 Å². The lowest BCUT2D eigenvalue weighted by Gasteiger charge is -2.08. The van der Waals surface area contributed by atoms with Crippen molar-refractivity contribution in [3.8, 4) is 5.75 Å². The van der Waals surface area contributed by atoms with Gasteiger partial charge in [-0.2, -0.15) is 0 Å². The van der Waals surface area contributed by atoms with E-state index < -0.39 is 11.6 Å². The third-order valence-electron chi connectivity index (χ3n) is 3.72. The third kappa shape index (κ3) is 7.01. The second kappa shape index (κ2) is 9.65. The maximum absolute atomic E-state index is 13.1. The van der Waals surface area contributed by atoms with Gasteiger partial charge in [0.2, 0.25) is 0 Å². The minimum absolute atomic E-state index is 0.142. The quantitative estimate of drug-likeness (QED) is 0.746. The molecule has 4 nitrogen and oxygen atoms in total. The number of amides is 1. The first-order valence-electron chi connectivity index (χ1n) is 8.35. The zero-order valence-electron chi connectivity index (χ0n) is 14.6. The molecule has 0 saturated carbocycles. The Hall–Kier alpha value is -2.76. The van der Waals surface area contributed by atoms with E-state index in [1.807, 2.05) is 12.1 Å². The van der Waals surface area contributed by atoms with E-state index in [1.54, 1.807) is 19.1 Å². The molecule has 0 saturated heterocycles. The number of ether oxygens (including phenoxy) is 1. The molecule has 0 aliphatic heterocycles. The average Bonchev–Trinajstić information content (AvgIpc) is 2.58. The van der Waals surface area contributed by atoms with E-state index in [0.29, 0.717) is 30.6 Å². The molecule has 0 spiro atoms. The monoisotopic (exact) mass is 361 g/mol. The molecular formula is C20H21F2NO3. The molecule has 0 radical (unpaired) electrons. The van der Waals surface area contributed by atoms with Crippen LogP contribution in [-0.4, -0.2) is 24.8 Å². The van der Waals surface area contributed by atoms with Crippen LogP contribution in [0.5, 0.6) is 5.75 Å². The average molecular weight is 361 g/mol. The summed E-state index contributed by atoms with van der Waals surface area (Å²) in [6.45, 7) is 1.67. The van der Waals surface area contributed by atoms with E-state index in [1.165, 1.54) is 12.1 Å². The van der Waals surface area contributed by atoms with E-state index >= 15 is 0 Å². The van der Waals surface area contributed by atoms with Crippen molar-refractivity contribution in [3.63, 3.8) is 0 Å². The molecule has 0 aliphatic rings. The molecule has 1 N–H and O–H groups in total. The third-order valence-corrected chi connectivity index (χ3v) is 3.72. The van der Waals surface area contributed by atoms with Gasteiger partial charge in [0.1, 0.15) is 23.2 Å². The number of Topliss-reactive ketones (excluding diaryl/α,β-unsaturated/α-hetero) is 1. The number of rotatable bonds is 9. The highest BCUT2D eigenvalue weighted by molar-refractivity contribution is 5.77. The Labute approximate surface area is 151 Å². The number of hydrogen-bond donors (Lipinski definition) is 1. The Morgan fingerprint density at radius 2 is 1.62 bits per heavy atom. The number of halogens is 2. The first kappa shape index (κ1) is 19.6. The second-order valence-corrected chi connectivity index (χ2v) is 6.01. The van der Waals surface area contributed by atoms with Crippen molar-refractivity contribution < 1.29 is 23.1 Å². The van der Waals surface area contributed by atoms with Crippen LogP contribution in [0, 0.1) is 11.6 Å². The first-order valence-corrected chi connectivity index (χ1v) is 8.35. The molecule has 26 heavy (non-hydrogen) atoms. The molecule has 2 aromatic rings. The highest BCUT2D eigenvalue weighted by Crippen LogP contribution is 2.13. The summed E-state index contributed by atoms with van der Waals surface area (Å²) in [5.74, 6) is -0.896. The highest BCUT2D eigenvalue weighted by atomic mass is 19.1. The predicted molar refractivity (Wildman–Crippen MR) is 94.0 cm³/mol. The maximum Gasteiger partial charge on any atom is 0.257 e. The lowest BCUT2D eigenvalue weighted by atomic mass is 10.1. The Morgan fingerprint density at radius 1 is 0.962 bits per heavy atom.